The lowest BCUT2D eigenvalue weighted by Gasteiger charge is -2.12. The van der Waals surface area contributed by atoms with E-state index in [1.807, 2.05) is 0 Å². The molecule has 0 saturated heterocycles. The first-order valence-electron chi connectivity index (χ1n) is 6.18. The number of rotatable bonds is 9. The van der Waals surface area contributed by atoms with Crippen molar-refractivity contribution in [2.45, 2.75) is 72.1 Å². The lowest BCUT2D eigenvalue weighted by Crippen LogP contribution is -1.98. The zero-order valence-electron chi connectivity index (χ0n) is 9.81. The normalized spacial score (nSPS) is 13.2. The second-order valence-corrected chi connectivity index (χ2v) is 4.04. The molecule has 0 aromatic heterocycles. The van der Waals surface area contributed by atoms with Crippen molar-refractivity contribution in [2.75, 3.05) is 0 Å². The van der Waals surface area contributed by atoms with Gasteiger partial charge in [-0.15, -0.1) is 0 Å². The topological polar surface area (TPSA) is 0 Å². The SMILES string of the molecule is CCCCCC[CH]C(CC)CCC. The third-order valence-electron chi connectivity index (χ3n) is 2.74. The van der Waals surface area contributed by atoms with Crippen molar-refractivity contribution in [3.8, 4) is 0 Å². The fourth-order valence-corrected chi connectivity index (χ4v) is 1.78. The Morgan fingerprint density at radius 3 is 2.23 bits per heavy atom. The van der Waals surface area contributed by atoms with Crippen LogP contribution in [-0.4, -0.2) is 0 Å². The van der Waals surface area contributed by atoms with Crippen LogP contribution >= 0.6 is 0 Å². The average molecular weight is 183 g/mol. The standard InChI is InChI=1S/C13H27/c1-4-7-8-9-10-12-13(6-3)11-5-2/h12-13H,4-11H2,1-3H3. The summed E-state index contributed by atoms with van der Waals surface area (Å²) in [5, 5.41) is 0. The van der Waals surface area contributed by atoms with Crippen LogP contribution in [0.2, 0.25) is 0 Å². The van der Waals surface area contributed by atoms with Gasteiger partial charge in [-0.05, 0) is 18.8 Å². The maximum Gasteiger partial charge on any atom is -0.0355 e. The van der Waals surface area contributed by atoms with E-state index in [0.29, 0.717) is 0 Å². The lowest BCUT2D eigenvalue weighted by molar-refractivity contribution is 0.499. The summed E-state index contributed by atoms with van der Waals surface area (Å²) in [6, 6.07) is 0. The van der Waals surface area contributed by atoms with E-state index >= 15 is 0 Å². The highest BCUT2D eigenvalue weighted by molar-refractivity contribution is 4.74. The molecule has 0 fully saturated rings. The molecule has 13 heavy (non-hydrogen) atoms. The summed E-state index contributed by atoms with van der Waals surface area (Å²) in [4.78, 5) is 0. The second kappa shape index (κ2) is 10.1. The van der Waals surface area contributed by atoms with Gasteiger partial charge in [-0.1, -0.05) is 65.7 Å². The molecule has 0 aliphatic heterocycles. The minimum atomic E-state index is 0.895. The Morgan fingerprint density at radius 1 is 0.923 bits per heavy atom. The van der Waals surface area contributed by atoms with E-state index in [1.165, 1.54) is 51.4 Å². The van der Waals surface area contributed by atoms with Crippen molar-refractivity contribution in [3.63, 3.8) is 0 Å². The van der Waals surface area contributed by atoms with Crippen LogP contribution in [0.4, 0.5) is 0 Å². The predicted octanol–water partition coefficient (Wildman–Crippen LogP) is 4.99. The Morgan fingerprint density at radius 2 is 1.69 bits per heavy atom. The van der Waals surface area contributed by atoms with E-state index in [-0.39, 0.29) is 0 Å². The Hall–Kier alpha value is 0. The molecule has 0 saturated carbocycles. The van der Waals surface area contributed by atoms with E-state index in [9.17, 15) is 0 Å². The van der Waals surface area contributed by atoms with Gasteiger partial charge in [0, 0.05) is 0 Å². The van der Waals surface area contributed by atoms with Crippen molar-refractivity contribution in [1.29, 1.82) is 0 Å². The second-order valence-electron chi connectivity index (χ2n) is 4.04. The van der Waals surface area contributed by atoms with Crippen LogP contribution < -0.4 is 0 Å². The smallest absolute Gasteiger partial charge is 0.0355 e. The quantitative estimate of drug-likeness (QED) is 0.442. The lowest BCUT2D eigenvalue weighted by atomic mass is 9.94. The van der Waals surface area contributed by atoms with Crippen LogP contribution in [0.1, 0.15) is 72.1 Å². The summed E-state index contributed by atoms with van der Waals surface area (Å²) in [5.74, 6) is 0.895. The molecule has 0 rings (SSSR count). The van der Waals surface area contributed by atoms with Gasteiger partial charge in [0.05, 0.1) is 0 Å². The molecule has 0 aromatic carbocycles. The van der Waals surface area contributed by atoms with Gasteiger partial charge < -0.3 is 0 Å². The summed E-state index contributed by atoms with van der Waals surface area (Å²) in [6.07, 6.45) is 13.6. The molecular weight excluding hydrogens is 156 g/mol. The van der Waals surface area contributed by atoms with E-state index in [2.05, 4.69) is 27.2 Å². The third-order valence-corrected chi connectivity index (χ3v) is 2.74. The van der Waals surface area contributed by atoms with Crippen molar-refractivity contribution < 1.29 is 0 Å². The minimum absolute atomic E-state index is 0.895. The zero-order chi connectivity index (χ0) is 9.94. The maximum atomic E-state index is 2.55. The first-order valence-corrected chi connectivity index (χ1v) is 6.18. The fraction of sp³-hybridized carbons (Fsp3) is 0.923. The van der Waals surface area contributed by atoms with Gasteiger partial charge in [0.25, 0.3) is 0 Å². The summed E-state index contributed by atoms with van der Waals surface area (Å²) < 4.78 is 0. The summed E-state index contributed by atoms with van der Waals surface area (Å²) in [7, 11) is 0. The predicted molar refractivity (Wildman–Crippen MR) is 61.7 cm³/mol. The molecule has 0 aromatic rings. The molecule has 1 unspecified atom stereocenters. The molecule has 79 valence electrons. The first kappa shape index (κ1) is 13.0. The summed E-state index contributed by atoms with van der Waals surface area (Å²) in [6.45, 7) is 6.87. The Kier molecular flexibility index (Phi) is 10.1. The van der Waals surface area contributed by atoms with E-state index < -0.39 is 0 Å². The maximum absolute atomic E-state index is 2.55. The van der Waals surface area contributed by atoms with E-state index in [1.54, 1.807) is 0 Å². The third kappa shape index (κ3) is 8.33. The number of unbranched alkanes of at least 4 members (excludes halogenated alkanes) is 4. The van der Waals surface area contributed by atoms with Gasteiger partial charge in [-0.25, -0.2) is 0 Å². The van der Waals surface area contributed by atoms with Crippen molar-refractivity contribution >= 4 is 0 Å². The molecule has 0 aliphatic rings. The molecule has 0 amide bonds. The highest BCUT2D eigenvalue weighted by atomic mass is 14.1. The fourth-order valence-electron chi connectivity index (χ4n) is 1.78. The molecule has 0 heteroatoms. The monoisotopic (exact) mass is 183 g/mol. The highest BCUT2D eigenvalue weighted by Gasteiger charge is 2.03. The van der Waals surface area contributed by atoms with Gasteiger partial charge in [-0.3, -0.25) is 0 Å². The van der Waals surface area contributed by atoms with Crippen LogP contribution in [0.25, 0.3) is 0 Å². The first-order chi connectivity index (χ1) is 6.35. The highest BCUT2D eigenvalue weighted by Crippen LogP contribution is 2.18. The van der Waals surface area contributed by atoms with E-state index in [0.717, 1.165) is 5.92 Å². The Labute approximate surface area is 85.1 Å². The molecule has 0 heterocycles. The van der Waals surface area contributed by atoms with Gasteiger partial charge in [0.15, 0.2) is 0 Å². The summed E-state index contributed by atoms with van der Waals surface area (Å²) in [5.41, 5.74) is 0. The molecule has 0 N–H and O–H groups in total. The molecule has 1 atom stereocenters. The summed E-state index contributed by atoms with van der Waals surface area (Å²) >= 11 is 0. The number of hydrogen-bond acceptors (Lipinski definition) is 0. The number of hydrogen-bond donors (Lipinski definition) is 0. The molecule has 1 radical (unpaired) electrons. The molecule has 0 nitrogen and oxygen atoms in total. The van der Waals surface area contributed by atoms with Gasteiger partial charge in [0.2, 0.25) is 0 Å². The van der Waals surface area contributed by atoms with Gasteiger partial charge >= 0.3 is 0 Å². The minimum Gasteiger partial charge on any atom is -0.0654 e. The molecule has 0 spiro atoms. The van der Waals surface area contributed by atoms with Gasteiger partial charge in [0.1, 0.15) is 0 Å². The largest absolute Gasteiger partial charge is 0.0654 e. The van der Waals surface area contributed by atoms with Gasteiger partial charge in [-0.2, -0.15) is 0 Å². The Balaban J connectivity index is 3.17. The van der Waals surface area contributed by atoms with Crippen LogP contribution in [-0.2, 0) is 0 Å². The van der Waals surface area contributed by atoms with Crippen LogP contribution in [0.3, 0.4) is 0 Å². The van der Waals surface area contributed by atoms with Crippen molar-refractivity contribution in [2.24, 2.45) is 5.92 Å². The van der Waals surface area contributed by atoms with Crippen molar-refractivity contribution in [1.82, 2.24) is 0 Å². The van der Waals surface area contributed by atoms with Crippen LogP contribution in [0.5, 0.6) is 0 Å². The molecule has 0 bridgehead atoms. The van der Waals surface area contributed by atoms with Crippen LogP contribution in [0.15, 0.2) is 0 Å². The zero-order valence-corrected chi connectivity index (χ0v) is 9.81. The van der Waals surface area contributed by atoms with Crippen LogP contribution in [0, 0.1) is 12.3 Å². The van der Waals surface area contributed by atoms with E-state index in [4.69, 9.17) is 0 Å². The van der Waals surface area contributed by atoms with Crippen molar-refractivity contribution in [3.05, 3.63) is 6.42 Å². The average Bonchev–Trinajstić information content (AvgIpc) is 2.16. The Bertz CT molecular complexity index is 86.0. The molecule has 0 aliphatic carbocycles. The molecular formula is C13H27.